The van der Waals surface area contributed by atoms with Gasteiger partial charge in [0.05, 0.1) is 16.9 Å². The van der Waals surface area contributed by atoms with E-state index in [1.807, 2.05) is 18.3 Å². The molecule has 1 saturated heterocycles. The number of likely N-dealkylation sites (tertiary alicyclic amines) is 1. The first-order valence-electron chi connectivity index (χ1n) is 10.3. The number of thiazole rings is 1. The minimum atomic E-state index is -1.17. The smallest absolute Gasteiger partial charge is 0.326 e. The maximum Gasteiger partial charge on any atom is 0.326 e. The fraction of sp³-hybridized carbons (Fsp3) is 0.476. The number of carboxylic acids is 1. The molecule has 160 valence electrons. The number of aromatic nitrogens is 2. The van der Waals surface area contributed by atoms with Gasteiger partial charge in [0.15, 0.2) is 0 Å². The summed E-state index contributed by atoms with van der Waals surface area (Å²) in [6.45, 7) is 1.39. The normalized spacial score (nSPS) is 36.3. The number of nitrogens with one attached hydrogen (secondary N) is 1. The minimum absolute atomic E-state index is 0.0110. The van der Waals surface area contributed by atoms with Crippen molar-refractivity contribution in [2.75, 3.05) is 0 Å². The number of carbonyl (C=O) groups is 3. The number of carbonyl (C=O) groups excluding carboxylic acids is 2. The molecule has 0 aromatic carbocycles. The van der Waals surface area contributed by atoms with Crippen LogP contribution in [-0.4, -0.2) is 49.0 Å². The number of pyridine rings is 1. The average molecular weight is 458 g/mol. The van der Waals surface area contributed by atoms with Crippen LogP contribution in [0.2, 0.25) is 0 Å². The van der Waals surface area contributed by atoms with Crippen molar-refractivity contribution in [2.45, 2.75) is 35.6 Å². The van der Waals surface area contributed by atoms with E-state index in [2.05, 4.69) is 9.97 Å². The van der Waals surface area contributed by atoms with Crippen LogP contribution in [0.1, 0.15) is 29.7 Å². The molecule has 2 aromatic rings. The van der Waals surface area contributed by atoms with Gasteiger partial charge in [-0.25, -0.2) is 4.79 Å². The summed E-state index contributed by atoms with van der Waals surface area (Å²) in [6.07, 6.45) is 4.30. The summed E-state index contributed by atoms with van der Waals surface area (Å²) in [6, 6.07) is 2.71. The number of aliphatic carboxylic acids is 1. The Labute approximate surface area is 185 Å². The Balaban J connectivity index is 1.46. The predicted octanol–water partition coefficient (Wildman–Crippen LogP) is 1.78. The third-order valence-corrected chi connectivity index (χ3v) is 10.1. The van der Waals surface area contributed by atoms with Gasteiger partial charge in [0.25, 0.3) is 0 Å². The Morgan fingerprint density at radius 1 is 1.26 bits per heavy atom. The number of rotatable bonds is 3. The highest BCUT2D eigenvalue weighted by molar-refractivity contribution is 8.00. The maximum atomic E-state index is 13.3. The van der Waals surface area contributed by atoms with Crippen molar-refractivity contribution in [3.63, 3.8) is 0 Å². The third-order valence-electron chi connectivity index (χ3n) is 7.55. The van der Waals surface area contributed by atoms with Crippen molar-refractivity contribution in [3.8, 4) is 0 Å². The number of H-pyrrole nitrogens is 1. The van der Waals surface area contributed by atoms with E-state index in [-0.39, 0.29) is 45.6 Å². The lowest BCUT2D eigenvalue weighted by Gasteiger charge is -2.42. The van der Waals surface area contributed by atoms with Crippen molar-refractivity contribution in [1.82, 2.24) is 14.9 Å². The molecule has 7 unspecified atom stereocenters. The number of carboxylic acid groups (broad SMARTS) is 1. The summed E-state index contributed by atoms with van der Waals surface area (Å²) in [7, 11) is 0. The van der Waals surface area contributed by atoms with E-state index >= 15 is 0 Å². The van der Waals surface area contributed by atoms with E-state index in [4.69, 9.17) is 0 Å². The molecule has 4 heterocycles. The summed E-state index contributed by atoms with van der Waals surface area (Å²) in [5.74, 6) is -2.81. The fourth-order valence-electron chi connectivity index (χ4n) is 6.47. The van der Waals surface area contributed by atoms with E-state index in [0.717, 1.165) is 26.8 Å². The SMILES string of the molecule is CC(C(=O)O)N1C(=O)C2C3CC(C2C1=O)C1C3Sc2[nH]c(=O)sc2[C@@H]1c1cccnc1. The van der Waals surface area contributed by atoms with Crippen LogP contribution in [0.3, 0.4) is 0 Å². The molecule has 2 N–H and O–H groups in total. The molecular weight excluding hydrogens is 438 g/mol. The second kappa shape index (κ2) is 6.52. The summed E-state index contributed by atoms with van der Waals surface area (Å²) >= 11 is 2.82. The zero-order valence-corrected chi connectivity index (χ0v) is 18.1. The van der Waals surface area contributed by atoms with Gasteiger partial charge in [0.2, 0.25) is 11.8 Å². The van der Waals surface area contributed by atoms with Gasteiger partial charge in [-0.15, -0.1) is 11.8 Å². The van der Waals surface area contributed by atoms with Crippen LogP contribution in [-0.2, 0) is 14.4 Å². The number of thioether (sulfide) groups is 1. The van der Waals surface area contributed by atoms with Crippen molar-refractivity contribution >= 4 is 40.9 Å². The topological polar surface area (TPSA) is 120 Å². The highest BCUT2D eigenvalue weighted by Gasteiger charge is 2.70. The molecule has 10 heteroatoms. The Morgan fingerprint density at radius 2 is 2.00 bits per heavy atom. The zero-order chi connectivity index (χ0) is 21.6. The molecule has 2 aliphatic heterocycles. The number of imide groups is 1. The lowest BCUT2D eigenvalue weighted by molar-refractivity contribution is -0.154. The van der Waals surface area contributed by atoms with Gasteiger partial charge in [-0.2, -0.15) is 0 Å². The van der Waals surface area contributed by atoms with Crippen molar-refractivity contribution < 1.29 is 19.5 Å². The number of nitrogens with zero attached hydrogens (tertiary/aromatic N) is 2. The first-order valence-corrected chi connectivity index (χ1v) is 12.0. The molecule has 2 aromatic heterocycles. The van der Waals surface area contributed by atoms with Gasteiger partial charge >= 0.3 is 10.8 Å². The second-order valence-corrected chi connectivity index (χ2v) is 11.0. The second-order valence-electron chi connectivity index (χ2n) is 8.81. The van der Waals surface area contributed by atoms with Gasteiger partial charge in [-0.3, -0.25) is 24.3 Å². The molecule has 31 heavy (non-hydrogen) atoms. The fourth-order valence-corrected chi connectivity index (χ4v) is 9.35. The van der Waals surface area contributed by atoms with E-state index in [1.165, 1.54) is 18.3 Å². The Bertz CT molecular complexity index is 1180. The van der Waals surface area contributed by atoms with Gasteiger partial charge in [-0.05, 0) is 42.7 Å². The van der Waals surface area contributed by atoms with E-state index in [9.17, 15) is 24.3 Å². The molecular formula is C21H19N3O5S2. The number of fused-ring (bicyclic) bond motifs is 9. The van der Waals surface area contributed by atoms with Gasteiger partial charge in [0, 0.05) is 28.4 Å². The van der Waals surface area contributed by atoms with E-state index in [0.29, 0.717) is 0 Å². The molecule has 2 saturated carbocycles. The lowest BCUT2D eigenvalue weighted by atomic mass is 9.68. The van der Waals surface area contributed by atoms with E-state index < -0.39 is 23.8 Å². The van der Waals surface area contributed by atoms with Crippen molar-refractivity contribution in [2.24, 2.45) is 29.6 Å². The largest absolute Gasteiger partial charge is 0.480 e. The van der Waals surface area contributed by atoms with Crippen molar-refractivity contribution in [3.05, 3.63) is 44.6 Å². The van der Waals surface area contributed by atoms with Gasteiger partial charge in [0.1, 0.15) is 6.04 Å². The molecule has 8 nitrogen and oxygen atoms in total. The number of hydrogen-bond acceptors (Lipinski definition) is 7. The molecule has 8 atom stereocenters. The van der Waals surface area contributed by atoms with Gasteiger partial charge < -0.3 is 10.1 Å². The number of hydrogen-bond donors (Lipinski definition) is 2. The molecule has 4 aliphatic rings. The van der Waals surface area contributed by atoms with Crippen LogP contribution in [0.25, 0.3) is 0 Å². The molecule has 2 amide bonds. The van der Waals surface area contributed by atoms with Gasteiger partial charge in [-0.1, -0.05) is 17.4 Å². The highest BCUT2D eigenvalue weighted by atomic mass is 32.2. The maximum absolute atomic E-state index is 13.3. The molecule has 2 bridgehead atoms. The molecule has 0 spiro atoms. The van der Waals surface area contributed by atoms with Crippen LogP contribution in [0.4, 0.5) is 0 Å². The zero-order valence-electron chi connectivity index (χ0n) is 16.4. The third kappa shape index (κ3) is 2.46. The highest BCUT2D eigenvalue weighted by Crippen LogP contribution is 2.68. The Hall–Kier alpha value is -2.46. The monoisotopic (exact) mass is 457 g/mol. The minimum Gasteiger partial charge on any atom is -0.480 e. The summed E-state index contributed by atoms with van der Waals surface area (Å²) in [5.41, 5.74) is 1.01. The van der Waals surface area contributed by atoms with E-state index in [1.54, 1.807) is 18.0 Å². The lowest BCUT2D eigenvalue weighted by Crippen LogP contribution is -2.44. The first-order chi connectivity index (χ1) is 14.9. The quantitative estimate of drug-likeness (QED) is 0.674. The molecule has 2 aliphatic carbocycles. The average Bonchev–Trinajstić information content (AvgIpc) is 3.47. The molecule has 0 radical (unpaired) electrons. The van der Waals surface area contributed by atoms with Crippen LogP contribution in [0, 0.1) is 29.6 Å². The summed E-state index contributed by atoms with van der Waals surface area (Å²) in [5, 5.41) is 10.4. The number of aromatic amines is 1. The predicted molar refractivity (Wildman–Crippen MR) is 112 cm³/mol. The molecule has 3 fully saturated rings. The van der Waals surface area contributed by atoms with Crippen LogP contribution in [0.15, 0.2) is 34.3 Å². The van der Waals surface area contributed by atoms with Crippen molar-refractivity contribution in [1.29, 1.82) is 0 Å². The Kier molecular flexibility index (Phi) is 4.05. The first kappa shape index (κ1) is 19.2. The molecule has 6 rings (SSSR count). The van der Waals surface area contributed by atoms with Crippen LogP contribution < -0.4 is 4.87 Å². The standard InChI is InChI=1S/C21H19N3O5S2/c1-7(20(27)28)24-18(25)13-9-5-10(14(13)19(24)26)15-12(9)11(8-3-2-4-22-6-8)16-17(30-15)23-21(29)31-16/h2-4,6-7,9-15H,5H2,1H3,(H,23,29)(H,27,28)/t7?,9?,10?,11-,12?,13?,14?,15?/m1/s1. The summed E-state index contributed by atoms with van der Waals surface area (Å²) < 4.78 is 0. The van der Waals surface area contributed by atoms with Crippen LogP contribution >= 0.6 is 23.1 Å². The summed E-state index contributed by atoms with van der Waals surface area (Å²) in [4.78, 5) is 59.2. The number of amides is 2. The van der Waals surface area contributed by atoms with Crippen LogP contribution in [0.5, 0.6) is 0 Å². The Morgan fingerprint density at radius 3 is 2.68 bits per heavy atom.